The molecule has 0 aliphatic carbocycles. The Kier molecular flexibility index (Phi) is 3.49. The molecule has 17 heavy (non-hydrogen) atoms. The quantitative estimate of drug-likeness (QED) is 0.864. The van der Waals surface area contributed by atoms with Crippen molar-refractivity contribution in [3.63, 3.8) is 0 Å². The monoisotopic (exact) mass is 238 g/mol. The molecule has 1 aliphatic heterocycles. The molecule has 2 heterocycles. The minimum absolute atomic E-state index is 0.0638. The molecule has 1 N–H and O–H groups in total. The van der Waals surface area contributed by atoms with Gasteiger partial charge in [0, 0.05) is 6.54 Å². The van der Waals surface area contributed by atoms with Crippen molar-refractivity contribution in [2.45, 2.75) is 25.7 Å². The highest BCUT2D eigenvalue weighted by Crippen LogP contribution is 2.22. The lowest BCUT2D eigenvalue weighted by Crippen LogP contribution is -2.26. The molecular formula is C12H18N2O3. The fourth-order valence-electron chi connectivity index (χ4n) is 1.69. The number of aromatic nitrogens is 1. The summed E-state index contributed by atoms with van der Waals surface area (Å²) >= 11 is 0. The Morgan fingerprint density at radius 1 is 1.53 bits per heavy atom. The summed E-state index contributed by atoms with van der Waals surface area (Å²) in [5.74, 6) is 1.08. The van der Waals surface area contributed by atoms with Crippen LogP contribution in [-0.2, 0) is 9.47 Å². The third-order valence-electron chi connectivity index (χ3n) is 2.55. The van der Waals surface area contributed by atoms with Crippen LogP contribution >= 0.6 is 0 Å². The van der Waals surface area contributed by atoms with Crippen molar-refractivity contribution >= 4 is 5.82 Å². The van der Waals surface area contributed by atoms with Crippen molar-refractivity contribution in [1.29, 1.82) is 0 Å². The second kappa shape index (κ2) is 4.89. The van der Waals surface area contributed by atoms with Gasteiger partial charge in [0.05, 0.1) is 19.9 Å². The summed E-state index contributed by atoms with van der Waals surface area (Å²) in [5.41, 5.74) is 0. The van der Waals surface area contributed by atoms with Gasteiger partial charge in [-0.05, 0) is 26.0 Å². The number of hydrogen-bond donors (Lipinski definition) is 1. The van der Waals surface area contributed by atoms with E-state index in [1.165, 1.54) is 0 Å². The van der Waals surface area contributed by atoms with Gasteiger partial charge in [-0.2, -0.15) is 0 Å². The van der Waals surface area contributed by atoms with Crippen LogP contribution in [0.1, 0.15) is 13.8 Å². The summed E-state index contributed by atoms with van der Waals surface area (Å²) in [6, 6.07) is 3.74. The maximum atomic E-state index is 5.68. The summed E-state index contributed by atoms with van der Waals surface area (Å²) in [7, 11) is 1.62. The van der Waals surface area contributed by atoms with Crippen LogP contribution in [0.5, 0.6) is 5.75 Å². The van der Waals surface area contributed by atoms with Crippen molar-refractivity contribution in [1.82, 2.24) is 4.98 Å². The third-order valence-corrected chi connectivity index (χ3v) is 2.55. The molecule has 1 aromatic rings. The van der Waals surface area contributed by atoms with E-state index in [1.54, 1.807) is 13.3 Å². The molecule has 1 fully saturated rings. The number of methoxy groups -OCH3 is 1. The summed E-state index contributed by atoms with van der Waals surface area (Å²) < 4.78 is 16.2. The molecule has 94 valence electrons. The molecule has 0 spiro atoms. The number of anilines is 1. The molecule has 5 nitrogen and oxygen atoms in total. The van der Waals surface area contributed by atoms with Crippen LogP contribution in [0.25, 0.3) is 0 Å². The zero-order chi connectivity index (χ0) is 12.3. The van der Waals surface area contributed by atoms with Crippen LogP contribution in [0.4, 0.5) is 5.82 Å². The molecule has 5 heteroatoms. The van der Waals surface area contributed by atoms with E-state index in [-0.39, 0.29) is 6.10 Å². The first-order valence-electron chi connectivity index (χ1n) is 5.65. The molecule has 0 aromatic carbocycles. The molecule has 0 amide bonds. The smallest absolute Gasteiger partial charge is 0.163 e. The molecular weight excluding hydrogens is 220 g/mol. The van der Waals surface area contributed by atoms with E-state index in [4.69, 9.17) is 14.2 Å². The zero-order valence-electron chi connectivity index (χ0n) is 10.4. The number of rotatable bonds is 4. The lowest BCUT2D eigenvalue weighted by Gasteiger charge is -2.17. The van der Waals surface area contributed by atoms with Gasteiger partial charge in [-0.15, -0.1) is 0 Å². The molecule has 0 saturated carbocycles. The van der Waals surface area contributed by atoms with Crippen molar-refractivity contribution in [2.75, 3.05) is 25.6 Å². The van der Waals surface area contributed by atoms with Crippen LogP contribution in [0, 0.1) is 0 Å². The van der Waals surface area contributed by atoms with Gasteiger partial charge in [-0.1, -0.05) is 0 Å². The zero-order valence-corrected chi connectivity index (χ0v) is 10.4. The average molecular weight is 238 g/mol. The lowest BCUT2D eigenvalue weighted by molar-refractivity contribution is -0.136. The van der Waals surface area contributed by atoms with Crippen LogP contribution in [0.3, 0.4) is 0 Å². The van der Waals surface area contributed by atoms with Crippen LogP contribution in [-0.4, -0.2) is 37.1 Å². The molecule has 0 radical (unpaired) electrons. The van der Waals surface area contributed by atoms with Crippen LogP contribution < -0.4 is 10.1 Å². The van der Waals surface area contributed by atoms with Crippen molar-refractivity contribution in [3.05, 3.63) is 18.3 Å². The number of nitrogens with one attached hydrogen (secondary N) is 1. The van der Waals surface area contributed by atoms with E-state index in [9.17, 15) is 0 Å². The Hall–Kier alpha value is -1.33. The summed E-state index contributed by atoms with van der Waals surface area (Å²) in [5, 5.41) is 3.20. The van der Waals surface area contributed by atoms with E-state index in [2.05, 4.69) is 10.3 Å². The second-order valence-corrected chi connectivity index (χ2v) is 4.41. The Morgan fingerprint density at radius 3 is 2.88 bits per heavy atom. The molecule has 0 bridgehead atoms. The normalized spacial score (nSPS) is 22.4. The van der Waals surface area contributed by atoms with Gasteiger partial charge in [-0.3, -0.25) is 0 Å². The fourth-order valence-corrected chi connectivity index (χ4v) is 1.69. The number of ether oxygens (including phenoxy) is 3. The maximum absolute atomic E-state index is 5.68. The standard InChI is InChI=1S/C12H18N2O3/c1-12(2)16-8-10(17-12)7-14-11-5-4-9(15-3)6-13-11/h4-6,10H,7-8H2,1-3H3,(H,13,14). The molecule has 2 rings (SSSR count). The van der Waals surface area contributed by atoms with Crippen molar-refractivity contribution < 1.29 is 14.2 Å². The number of nitrogens with zero attached hydrogens (tertiary/aromatic N) is 1. The lowest BCUT2D eigenvalue weighted by atomic mass is 10.3. The Morgan fingerprint density at radius 2 is 2.35 bits per heavy atom. The van der Waals surface area contributed by atoms with Gasteiger partial charge in [0.15, 0.2) is 5.79 Å². The Bertz CT molecular complexity index is 365. The van der Waals surface area contributed by atoms with E-state index in [0.29, 0.717) is 13.2 Å². The van der Waals surface area contributed by atoms with E-state index in [0.717, 1.165) is 11.6 Å². The summed E-state index contributed by atoms with van der Waals surface area (Å²) in [4.78, 5) is 4.21. The topological polar surface area (TPSA) is 52.6 Å². The minimum Gasteiger partial charge on any atom is -0.495 e. The fraction of sp³-hybridized carbons (Fsp3) is 0.583. The predicted molar refractivity (Wildman–Crippen MR) is 64.2 cm³/mol. The second-order valence-electron chi connectivity index (χ2n) is 4.41. The maximum Gasteiger partial charge on any atom is 0.163 e. The first-order valence-corrected chi connectivity index (χ1v) is 5.65. The highest BCUT2D eigenvalue weighted by atomic mass is 16.7. The van der Waals surface area contributed by atoms with Crippen LogP contribution in [0.2, 0.25) is 0 Å². The van der Waals surface area contributed by atoms with Crippen molar-refractivity contribution in [3.8, 4) is 5.75 Å². The molecule has 1 saturated heterocycles. The highest BCUT2D eigenvalue weighted by Gasteiger charge is 2.32. The van der Waals surface area contributed by atoms with E-state index >= 15 is 0 Å². The van der Waals surface area contributed by atoms with Crippen molar-refractivity contribution in [2.24, 2.45) is 0 Å². The summed E-state index contributed by atoms with van der Waals surface area (Å²) in [6.07, 6.45) is 1.74. The van der Waals surface area contributed by atoms with Gasteiger partial charge in [0.2, 0.25) is 0 Å². The first kappa shape index (κ1) is 12.1. The molecule has 1 aliphatic rings. The molecule has 1 aromatic heterocycles. The van der Waals surface area contributed by atoms with Gasteiger partial charge < -0.3 is 19.5 Å². The molecule has 1 atom stereocenters. The third kappa shape index (κ3) is 3.31. The molecule has 1 unspecified atom stereocenters. The first-order chi connectivity index (χ1) is 8.09. The Balaban J connectivity index is 1.82. The van der Waals surface area contributed by atoms with E-state index < -0.39 is 5.79 Å². The van der Waals surface area contributed by atoms with Gasteiger partial charge in [0.1, 0.15) is 17.7 Å². The summed E-state index contributed by atoms with van der Waals surface area (Å²) in [6.45, 7) is 5.12. The number of hydrogen-bond acceptors (Lipinski definition) is 5. The van der Waals surface area contributed by atoms with Gasteiger partial charge >= 0.3 is 0 Å². The predicted octanol–water partition coefficient (Wildman–Crippen LogP) is 1.65. The minimum atomic E-state index is -0.473. The highest BCUT2D eigenvalue weighted by molar-refractivity contribution is 5.37. The van der Waals surface area contributed by atoms with Crippen LogP contribution in [0.15, 0.2) is 18.3 Å². The Labute approximate surface area is 101 Å². The van der Waals surface area contributed by atoms with Gasteiger partial charge in [-0.25, -0.2) is 4.98 Å². The van der Waals surface area contributed by atoms with E-state index in [1.807, 2.05) is 26.0 Å². The SMILES string of the molecule is COc1ccc(NCC2COC(C)(C)O2)nc1. The van der Waals surface area contributed by atoms with Gasteiger partial charge in [0.25, 0.3) is 0 Å². The largest absolute Gasteiger partial charge is 0.495 e. The average Bonchev–Trinajstić information content (AvgIpc) is 2.67. The number of pyridine rings is 1.